The molecule has 7 heteroatoms. The van der Waals surface area contributed by atoms with Crippen LogP contribution in [0.4, 0.5) is 27.6 Å². The standard InChI is InChI=1S/C17H15F5N2/c18-12-2-1-7-24(10-12)13-5-6-23-16(9-13)11-3-4-14(15(19)8-11)17(20,21)22/h3-6,8-9,12H,1-2,7,10H2/t12-/m1/s1. The monoisotopic (exact) mass is 342 g/mol. The lowest BCUT2D eigenvalue weighted by atomic mass is 10.1. The zero-order valence-electron chi connectivity index (χ0n) is 12.7. The average Bonchev–Trinajstić information content (AvgIpc) is 2.54. The molecule has 1 atom stereocenters. The Morgan fingerprint density at radius 2 is 1.92 bits per heavy atom. The molecule has 0 bridgehead atoms. The van der Waals surface area contributed by atoms with Crippen LogP contribution in [0.1, 0.15) is 18.4 Å². The number of benzene rings is 1. The molecule has 0 amide bonds. The molecule has 3 rings (SSSR count). The minimum Gasteiger partial charge on any atom is -0.369 e. The number of aromatic nitrogens is 1. The first-order valence-electron chi connectivity index (χ1n) is 7.57. The molecule has 0 radical (unpaired) electrons. The van der Waals surface area contributed by atoms with Crippen LogP contribution in [0.2, 0.25) is 0 Å². The quantitative estimate of drug-likeness (QED) is 0.726. The Balaban J connectivity index is 1.90. The van der Waals surface area contributed by atoms with Crippen molar-refractivity contribution < 1.29 is 22.0 Å². The summed E-state index contributed by atoms with van der Waals surface area (Å²) in [6, 6.07) is 6.06. The van der Waals surface area contributed by atoms with E-state index in [1.54, 1.807) is 12.1 Å². The predicted octanol–water partition coefficient (Wildman–Crippen LogP) is 4.84. The molecule has 1 aliphatic heterocycles. The van der Waals surface area contributed by atoms with Gasteiger partial charge in [0.25, 0.3) is 0 Å². The summed E-state index contributed by atoms with van der Waals surface area (Å²) in [5.74, 6) is -1.34. The van der Waals surface area contributed by atoms with Crippen LogP contribution in [0.15, 0.2) is 36.5 Å². The van der Waals surface area contributed by atoms with Crippen molar-refractivity contribution in [2.24, 2.45) is 0 Å². The number of alkyl halides is 4. The van der Waals surface area contributed by atoms with Crippen LogP contribution in [0, 0.1) is 5.82 Å². The maximum Gasteiger partial charge on any atom is 0.419 e. The number of nitrogens with zero attached hydrogens (tertiary/aromatic N) is 2. The SMILES string of the molecule is Fc1cc(-c2cc(N3CCC[C@@H](F)C3)ccn2)ccc1C(F)(F)F. The third-order valence-corrected chi connectivity index (χ3v) is 4.04. The Kier molecular flexibility index (Phi) is 4.43. The summed E-state index contributed by atoms with van der Waals surface area (Å²) in [4.78, 5) is 5.95. The van der Waals surface area contributed by atoms with Crippen LogP contribution in [0.3, 0.4) is 0 Å². The van der Waals surface area contributed by atoms with E-state index in [2.05, 4.69) is 4.98 Å². The largest absolute Gasteiger partial charge is 0.419 e. The van der Waals surface area contributed by atoms with Gasteiger partial charge in [0.2, 0.25) is 0 Å². The molecule has 0 spiro atoms. The van der Waals surface area contributed by atoms with Gasteiger partial charge in [-0.1, -0.05) is 6.07 Å². The van der Waals surface area contributed by atoms with Crippen molar-refractivity contribution in [1.29, 1.82) is 0 Å². The Morgan fingerprint density at radius 3 is 2.58 bits per heavy atom. The van der Waals surface area contributed by atoms with Crippen LogP contribution in [0.25, 0.3) is 11.3 Å². The Labute approximate surface area is 135 Å². The van der Waals surface area contributed by atoms with E-state index in [-0.39, 0.29) is 12.1 Å². The number of pyridine rings is 1. The molecule has 24 heavy (non-hydrogen) atoms. The van der Waals surface area contributed by atoms with E-state index in [4.69, 9.17) is 0 Å². The van der Waals surface area contributed by atoms with Crippen LogP contribution in [-0.2, 0) is 6.18 Å². The van der Waals surface area contributed by atoms with E-state index in [9.17, 15) is 22.0 Å². The maximum atomic E-state index is 13.7. The van der Waals surface area contributed by atoms with Crippen molar-refractivity contribution in [2.75, 3.05) is 18.0 Å². The number of piperidine rings is 1. The van der Waals surface area contributed by atoms with Crippen LogP contribution in [0.5, 0.6) is 0 Å². The van der Waals surface area contributed by atoms with Gasteiger partial charge in [0, 0.05) is 30.5 Å². The Bertz CT molecular complexity index is 729. The molecule has 2 aromatic rings. The van der Waals surface area contributed by atoms with Gasteiger partial charge in [0.05, 0.1) is 11.3 Å². The highest BCUT2D eigenvalue weighted by atomic mass is 19.4. The molecule has 0 N–H and O–H groups in total. The van der Waals surface area contributed by atoms with Gasteiger partial charge in [0.15, 0.2) is 0 Å². The van der Waals surface area contributed by atoms with Gasteiger partial charge in [-0.2, -0.15) is 13.2 Å². The summed E-state index contributed by atoms with van der Waals surface area (Å²) in [7, 11) is 0. The summed E-state index contributed by atoms with van der Waals surface area (Å²) in [6.45, 7) is 0.968. The predicted molar refractivity (Wildman–Crippen MR) is 81.0 cm³/mol. The van der Waals surface area contributed by atoms with Gasteiger partial charge >= 0.3 is 6.18 Å². The molecule has 1 aliphatic rings. The van der Waals surface area contributed by atoms with Crippen LogP contribution < -0.4 is 4.90 Å². The summed E-state index contributed by atoms with van der Waals surface area (Å²) in [6.07, 6.45) is -2.89. The molecule has 128 valence electrons. The second-order valence-electron chi connectivity index (χ2n) is 5.78. The molecule has 0 aliphatic carbocycles. The fourth-order valence-corrected chi connectivity index (χ4v) is 2.84. The van der Waals surface area contributed by atoms with Gasteiger partial charge in [-0.15, -0.1) is 0 Å². The Hall–Kier alpha value is -2.18. The smallest absolute Gasteiger partial charge is 0.369 e. The number of halogens is 5. The number of hydrogen-bond acceptors (Lipinski definition) is 2. The van der Waals surface area contributed by atoms with E-state index in [1.165, 1.54) is 12.3 Å². The van der Waals surface area contributed by atoms with E-state index in [0.29, 0.717) is 24.7 Å². The summed E-state index contributed by atoms with van der Waals surface area (Å²) in [5.41, 5.74) is 0.0126. The maximum absolute atomic E-state index is 13.7. The lowest BCUT2D eigenvalue weighted by molar-refractivity contribution is -0.139. The van der Waals surface area contributed by atoms with Crippen molar-refractivity contribution in [2.45, 2.75) is 25.2 Å². The van der Waals surface area contributed by atoms with Crippen molar-refractivity contribution in [1.82, 2.24) is 4.98 Å². The van der Waals surface area contributed by atoms with E-state index >= 15 is 0 Å². The second-order valence-corrected chi connectivity index (χ2v) is 5.78. The summed E-state index contributed by atoms with van der Waals surface area (Å²) in [5, 5.41) is 0. The first-order chi connectivity index (χ1) is 11.3. The fourth-order valence-electron chi connectivity index (χ4n) is 2.84. The van der Waals surface area contributed by atoms with Crippen molar-refractivity contribution in [3.05, 3.63) is 47.9 Å². The third-order valence-electron chi connectivity index (χ3n) is 4.04. The van der Waals surface area contributed by atoms with Gasteiger partial charge in [0.1, 0.15) is 12.0 Å². The van der Waals surface area contributed by atoms with Crippen molar-refractivity contribution >= 4 is 5.69 Å². The van der Waals surface area contributed by atoms with Gasteiger partial charge in [-0.3, -0.25) is 4.98 Å². The first kappa shape index (κ1) is 16.7. The highest BCUT2D eigenvalue weighted by Crippen LogP contribution is 2.33. The Morgan fingerprint density at radius 1 is 1.12 bits per heavy atom. The summed E-state index contributed by atoms with van der Waals surface area (Å²) < 4.78 is 65.2. The molecular weight excluding hydrogens is 327 g/mol. The molecule has 1 aromatic heterocycles. The minimum absolute atomic E-state index is 0.246. The number of hydrogen-bond donors (Lipinski definition) is 0. The molecule has 0 unspecified atom stereocenters. The molecule has 1 fully saturated rings. The van der Waals surface area contributed by atoms with Gasteiger partial charge < -0.3 is 4.90 Å². The fraction of sp³-hybridized carbons (Fsp3) is 0.353. The molecular formula is C17H15F5N2. The molecule has 2 heterocycles. The second kappa shape index (κ2) is 6.37. The summed E-state index contributed by atoms with van der Waals surface area (Å²) >= 11 is 0. The number of rotatable bonds is 2. The highest BCUT2D eigenvalue weighted by Gasteiger charge is 2.34. The van der Waals surface area contributed by atoms with Gasteiger partial charge in [-0.25, -0.2) is 8.78 Å². The van der Waals surface area contributed by atoms with Gasteiger partial charge in [-0.05, 0) is 37.1 Å². The molecule has 0 saturated carbocycles. The molecule has 1 aromatic carbocycles. The molecule has 1 saturated heterocycles. The van der Waals surface area contributed by atoms with Crippen LogP contribution >= 0.6 is 0 Å². The van der Waals surface area contributed by atoms with E-state index < -0.39 is 23.7 Å². The van der Waals surface area contributed by atoms with E-state index in [0.717, 1.165) is 18.2 Å². The minimum atomic E-state index is -4.73. The first-order valence-corrected chi connectivity index (χ1v) is 7.57. The lowest BCUT2D eigenvalue weighted by Crippen LogP contribution is -2.36. The zero-order valence-corrected chi connectivity index (χ0v) is 12.7. The zero-order chi connectivity index (χ0) is 17.3. The third kappa shape index (κ3) is 3.49. The number of anilines is 1. The van der Waals surface area contributed by atoms with Crippen molar-refractivity contribution in [3.63, 3.8) is 0 Å². The topological polar surface area (TPSA) is 16.1 Å². The van der Waals surface area contributed by atoms with E-state index in [1.807, 2.05) is 4.90 Å². The normalized spacial score (nSPS) is 18.7. The van der Waals surface area contributed by atoms with Crippen molar-refractivity contribution in [3.8, 4) is 11.3 Å². The molecule has 2 nitrogen and oxygen atoms in total. The lowest BCUT2D eigenvalue weighted by Gasteiger charge is -2.31. The van der Waals surface area contributed by atoms with Crippen LogP contribution in [-0.4, -0.2) is 24.2 Å². The highest BCUT2D eigenvalue weighted by molar-refractivity contribution is 5.65. The average molecular weight is 342 g/mol.